The number of ether oxygens (including phenoxy) is 1. The largest absolute Gasteiger partial charge is 0.438 e. The van der Waals surface area contributed by atoms with Gasteiger partial charge in [-0.2, -0.15) is 0 Å². The summed E-state index contributed by atoms with van der Waals surface area (Å²) in [7, 11) is 0. The lowest BCUT2D eigenvalue weighted by Crippen LogP contribution is -2.48. The fourth-order valence-electron chi connectivity index (χ4n) is 5.08. The van der Waals surface area contributed by atoms with Gasteiger partial charge in [-0.05, 0) is 74.3 Å². The van der Waals surface area contributed by atoms with Crippen molar-refractivity contribution >= 4 is 29.2 Å². The van der Waals surface area contributed by atoms with Crippen molar-refractivity contribution in [2.45, 2.75) is 52.2 Å². The van der Waals surface area contributed by atoms with Gasteiger partial charge in [0.15, 0.2) is 12.0 Å². The maximum Gasteiger partial charge on any atom is 0.345 e. The van der Waals surface area contributed by atoms with Gasteiger partial charge in [-0.25, -0.2) is 9.48 Å². The number of anilines is 1. The number of carbonyl (C=O) groups is 3. The van der Waals surface area contributed by atoms with Crippen LogP contribution in [0.25, 0.3) is 11.3 Å². The number of amides is 2. The Morgan fingerprint density at radius 1 is 1.08 bits per heavy atom. The van der Waals surface area contributed by atoms with Gasteiger partial charge >= 0.3 is 5.97 Å². The molecule has 5 rings (SSSR count). The Balaban J connectivity index is 1.43. The van der Waals surface area contributed by atoms with Crippen LogP contribution in [0.15, 0.2) is 60.3 Å². The molecule has 2 amide bonds. The summed E-state index contributed by atoms with van der Waals surface area (Å²) in [6.07, 6.45) is 12.8. The van der Waals surface area contributed by atoms with Gasteiger partial charge in [0.25, 0.3) is 0 Å². The van der Waals surface area contributed by atoms with Crippen molar-refractivity contribution in [3.8, 4) is 5.69 Å². The first kappa shape index (κ1) is 23.8. The van der Waals surface area contributed by atoms with E-state index >= 15 is 0 Å². The van der Waals surface area contributed by atoms with Crippen molar-refractivity contribution < 1.29 is 19.1 Å². The first-order valence-electron chi connectivity index (χ1n) is 12.4. The van der Waals surface area contributed by atoms with Crippen LogP contribution in [0.1, 0.15) is 61.9 Å². The molecule has 1 aromatic carbocycles. The highest BCUT2D eigenvalue weighted by atomic mass is 16.6. The summed E-state index contributed by atoms with van der Waals surface area (Å²) in [5.74, 6) is -0.0971. The smallest absolute Gasteiger partial charge is 0.345 e. The van der Waals surface area contributed by atoms with E-state index in [1.807, 2.05) is 36.4 Å². The fourth-order valence-corrected chi connectivity index (χ4v) is 5.08. The van der Waals surface area contributed by atoms with Crippen molar-refractivity contribution in [3.05, 3.63) is 71.5 Å². The number of hydrogen-bond acceptors (Lipinski definition) is 5. The minimum Gasteiger partial charge on any atom is -0.438 e. The number of esters is 1. The van der Waals surface area contributed by atoms with Gasteiger partial charge in [0.05, 0.1) is 5.69 Å². The second-order valence-corrected chi connectivity index (χ2v) is 9.79. The van der Waals surface area contributed by atoms with Crippen LogP contribution >= 0.6 is 0 Å². The summed E-state index contributed by atoms with van der Waals surface area (Å²) >= 11 is 0. The Bertz CT molecular complexity index is 1290. The van der Waals surface area contributed by atoms with Gasteiger partial charge in [-0.15, -0.1) is 5.10 Å². The number of primary amides is 1. The number of nitrogens with two attached hydrogens (primary N) is 1. The van der Waals surface area contributed by atoms with Gasteiger partial charge in [-0.1, -0.05) is 37.3 Å². The maximum atomic E-state index is 13.4. The molecule has 1 aromatic heterocycles. The Morgan fingerprint density at radius 2 is 1.81 bits per heavy atom. The normalized spacial score (nSPS) is 23.8. The maximum absolute atomic E-state index is 13.4. The lowest BCUT2D eigenvalue weighted by Gasteiger charge is -2.35. The van der Waals surface area contributed by atoms with E-state index in [-0.39, 0.29) is 17.4 Å². The minimum atomic E-state index is -0.704. The molecule has 2 aliphatic carbocycles. The first-order valence-corrected chi connectivity index (χ1v) is 12.4. The molecular weight excluding hydrogens is 456 g/mol. The molecule has 36 heavy (non-hydrogen) atoms. The number of carbonyl (C=O) groups excluding carboxylic acids is 3. The Kier molecular flexibility index (Phi) is 6.35. The monoisotopic (exact) mass is 486 g/mol. The van der Waals surface area contributed by atoms with Crippen molar-refractivity contribution in [3.63, 3.8) is 0 Å². The second kappa shape index (κ2) is 9.60. The van der Waals surface area contributed by atoms with E-state index in [1.165, 1.54) is 0 Å². The molecule has 2 heterocycles. The number of allylic oxidation sites excluding steroid dienone is 4. The van der Waals surface area contributed by atoms with E-state index in [4.69, 9.17) is 10.5 Å². The van der Waals surface area contributed by atoms with Crippen LogP contribution < -0.4 is 10.6 Å². The molecule has 0 spiro atoms. The van der Waals surface area contributed by atoms with Gasteiger partial charge < -0.3 is 10.5 Å². The summed E-state index contributed by atoms with van der Waals surface area (Å²) in [5, 5.41) is 4.65. The van der Waals surface area contributed by atoms with Crippen LogP contribution in [0.4, 0.5) is 5.82 Å². The summed E-state index contributed by atoms with van der Waals surface area (Å²) in [6.45, 7) is 3.93. The first-order chi connectivity index (χ1) is 17.3. The number of fused-ring (bicyclic) bond motifs is 1. The summed E-state index contributed by atoms with van der Waals surface area (Å²) in [4.78, 5) is 39.3. The van der Waals surface area contributed by atoms with E-state index in [0.29, 0.717) is 23.7 Å². The molecule has 0 radical (unpaired) electrons. The van der Waals surface area contributed by atoms with E-state index in [0.717, 1.165) is 42.5 Å². The van der Waals surface area contributed by atoms with Crippen LogP contribution in [0.2, 0.25) is 0 Å². The molecule has 3 aliphatic rings. The zero-order chi connectivity index (χ0) is 25.4. The number of cyclic esters (lactones) is 1. The lowest BCUT2D eigenvalue weighted by molar-refractivity contribution is -0.125. The predicted molar refractivity (Wildman–Crippen MR) is 136 cm³/mol. The second-order valence-electron chi connectivity index (χ2n) is 9.79. The summed E-state index contributed by atoms with van der Waals surface area (Å²) < 4.78 is 7.10. The standard InChI is InChI=1S/C28H30N4O4/c1-17-7-9-20(10-8-17)27(34)32-18(2)36-28(35)24-16-31(30-26(24)32)23-13-11-19(12-14-23)21-5-3-4-6-22(15-21)25(29)33/h4-6,11-18,20H,3,7-10H2,1-2H3,(H2,29,33). The number of nitrogens with zero attached hydrogens (tertiary/aromatic N) is 3. The third-order valence-electron chi connectivity index (χ3n) is 7.22. The third-order valence-corrected chi connectivity index (χ3v) is 7.22. The molecule has 1 aliphatic heterocycles. The topological polar surface area (TPSA) is 108 Å². The van der Waals surface area contributed by atoms with E-state index < -0.39 is 18.1 Å². The molecule has 1 saturated carbocycles. The zero-order valence-corrected chi connectivity index (χ0v) is 20.5. The highest BCUT2D eigenvalue weighted by Crippen LogP contribution is 2.35. The number of aromatic nitrogens is 2. The van der Waals surface area contributed by atoms with E-state index in [9.17, 15) is 14.4 Å². The van der Waals surface area contributed by atoms with Crippen LogP contribution in [0.5, 0.6) is 0 Å². The average molecular weight is 487 g/mol. The molecule has 2 aromatic rings. The molecule has 0 bridgehead atoms. The van der Waals surface area contributed by atoms with Crippen LogP contribution in [-0.4, -0.2) is 33.8 Å². The highest BCUT2D eigenvalue weighted by Gasteiger charge is 2.40. The molecule has 8 nitrogen and oxygen atoms in total. The van der Waals surface area contributed by atoms with Gasteiger partial charge in [0.2, 0.25) is 11.8 Å². The SMILES string of the molecule is CC1CCC(C(=O)N2c3nn(-c4ccc(C5=CCC=CC(C(N)=O)=C5)cc4)cc3C(=O)OC2C)CC1. The van der Waals surface area contributed by atoms with Gasteiger partial charge in [0.1, 0.15) is 5.56 Å². The molecule has 1 fully saturated rings. The Labute approximate surface area is 210 Å². The molecule has 1 unspecified atom stereocenters. The minimum absolute atomic E-state index is 0.0327. The van der Waals surface area contributed by atoms with Crippen molar-refractivity contribution in [1.29, 1.82) is 0 Å². The quantitative estimate of drug-likeness (QED) is 0.648. The third kappa shape index (κ3) is 4.51. The van der Waals surface area contributed by atoms with E-state index in [2.05, 4.69) is 12.0 Å². The van der Waals surface area contributed by atoms with Crippen molar-refractivity contribution in [2.75, 3.05) is 4.90 Å². The van der Waals surface area contributed by atoms with Crippen LogP contribution in [0.3, 0.4) is 0 Å². The number of rotatable bonds is 4. The molecule has 1 atom stereocenters. The molecule has 8 heteroatoms. The summed E-state index contributed by atoms with van der Waals surface area (Å²) in [6, 6.07) is 7.62. The zero-order valence-electron chi connectivity index (χ0n) is 20.5. The van der Waals surface area contributed by atoms with E-state index in [1.54, 1.807) is 34.9 Å². The molecular formula is C28H30N4O4. The predicted octanol–water partition coefficient (Wildman–Crippen LogP) is 4.30. The lowest BCUT2D eigenvalue weighted by atomic mass is 9.82. The number of hydrogen-bond donors (Lipinski definition) is 1. The molecule has 2 N–H and O–H groups in total. The number of benzene rings is 1. The summed E-state index contributed by atoms with van der Waals surface area (Å²) in [5.41, 5.74) is 8.76. The fraction of sp³-hybridized carbons (Fsp3) is 0.357. The Morgan fingerprint density at radius 3 is 2.50 bits per heavy atom. The van der Waals surface area contributed by atoms with Crippen molar-refractivity contribution in [1.82, 2.24) is 9.78 Å². The van der Waals surface area contributed by atoms with Crippen LogP contribution in [0, 0.1) is 11.8 Å². The molecule has 0 saturated heterocycles. The average Bonchev–Trinajstić information content (AvgIpc) is 3.15. The Hall–Kier alpha value is -3.94. The molecule has 186 valence electrons. The highest BCUT2D eigenvalue weighted by molar-refractivity contribution is 6.04. The van der Waals surface area contributed by atoms with Gasteiger partial charge in [0, 0.05) is 17.7 Å². The van der Waals surface area contributed by atoms with Gasteiger partial charge in [-0.3, -0.25) is 14.5 Å². The van der Waals surface area contributed by atoms with Crippen molar-refractivity contribution in [2.24, 2.45) is 17.6 Å². The van der Waals surface area contributed by atoms with Crippen LogP contribution in [-0.2, 0) is 14.3 Å².